The molecule has 0 saturated heterocycles. The Bertz CT molecular complexity index is 3250. The van der Waals surface area contributed by atoms with Crippen LogP contribution in [0.15, 0.2) is 194 Å². The molecule has 256 valence electrons. The molecule has 0 atom stereocenters. The first kappa shape index (κ1) is 31.1. The Kier molecular flexibility index (Phi) is 7.14. The third kappa shape index (κ3) is 5.19. The molecule has 0 aliphatic carbocycles. The van der Waals surface area contributed by atoms with Gasteiger partial charge in [0.25, 0.3) is 0 Å². The number of para-hydroxylation sites is 1. The zero-order chi connectivity index (χ0) is 36.3. The Morgan fingerprint density at radius 3 is 1.64 bits per heavy atom. The Hall–Kier alpha value is -7.43. The van der Waals surface area contributed by atoms with E-state index in [2.05, 4.69) is 180 Å². The summed E-state index contributed by atoms with van der Waals surface area (Å²) in [4.78, 5) is 15.4. The zero-order valence-electron chi connectivity index (χ0n) is 29.8. The van der Waals surface area contributed by atoms with Crippen LogP contribution in [0.3, 0.4) is 0 Å². The van der Waals surface area contributed by atoms with Crippen molar-refractivity contribution < 1.29 is 0 Å². The van der Waals surface area contributed by atoms with Gasteiger partial charge in [0.05, 0.1) is 16.7 Å². The van der Waals surface area contributed by atoms with E-state index in [4.69, 9.17) is 15.0 Å². The summed E-state index contributed by atoms with van der Waals surface area (Å²) in [6.07, 6.45) is 0. The van der Waals surface area contributed by atoms with E-state index in [0.717, 1.165) is 38.7 Å². The van der Waals surface area contributed by atoms with Gasteiger partial charge in [-0.2, -0.15) is 0 Å². The van der Waals surface area contributed by atoms with Crippen LogP contribution in [0.2, 0.25) is 0 Å². The molecule has 0 saturated carbocycles. The highest BCUT2D eigenvalue weighted by Gasteiger charge is 2.19. The maximum absolute atomic E-state index is 5.20. The quantitative estimate of drug-likeness (QED) is 0.179. The van der Waals surface area contributed by atoms with Crippen LogP contribution in [0.25, 0.3) is 105 Å². The van der Waals surface area contributed by atoms with Crippen molar-refractivity contribution in [3.8, 4) is 51.0 Å². The molecule has 0 aliphatic heterocycles. The third-order valence-corrected chi connectivity index (χ3v) is 10.8. The van der Waals surface area contributed by atoms with Gasteiger partial charge in [0.1, 0.15) is 0 Å². The van der Waals surface area contributed by atoms with Crippen molar-refractivity contribution in [2.75, 3.05) is 0 Å². The highest BCUT2D eigenvalue weighted by Crippen LogP contribution is 2.39. The van der Waals surface area contributed by atoms with E-state index in [-0.39, 0.29) is 0 Å². The molecule has 0 fully saturated rings. The monoisotopic (exact) mass is 700 g/mol. The van der Waals surface area contributed by atoms with Gasteiger partial charge in [-0.05, 0) is 68.4 Å². The predicted molar refractivity (Wildman–Crippen MR) is 228 cm³/mol. The van der Waals surface area contributed by atoms with Crippen molar-refractivity contribution in [2.45, 2.75) is 0 Å². The van der Waals surface area contributed by atoms with Crippen LogP contribution in [-0.4, -0.2) is 19.5 Å². The van der Waals surface area contributed by atoms with Gasteiger partial charge in [0.2, 0.25) is 0 Å². The lowest BCUT2D eigenvalue weighted by molar-refractivity contribution is 1.08. The average molecular weight is 701 g/mol. The van der Waals surface area contributed by atoms with Crippen molar-refractivity contribution in [1.29, 1.82) is 0 Å². The molecule has 0 N–H and O–H groups in total. The molecule has 55 heavy (non-hydrogen) atoms. The van der Waals surface area contributed by atoms with Gasteiger partial charge in [-0.3, -0.25) is 0 Å². The lowest BCUT2D eigenvalue weighted by Crippen LogP contribution is -2.01. The normalized spacial score (nSPS) is 11.6. The fraction of sp³-hybridized carbons (Fsp3) is 0. The summed E-state index contributed by atoms with van der Waals surface area (Å²) in [6, 6.07) is 68.7. The SMILES string of the molecule is c1ccc(-c2nc(-c3ccc(-c4cccc5ccccc45)cc3)nc(-c3ccc(-n4c5ccccc5c5cc6ccccc6cc54)c4ccccc34)n2)cc1. The lowest BCUT2D eigenvalue weighted by Gasteiger charge is -2.15. The molecule has 4 nitrogen and oxygen atoms in total. The summed E-state index contributed by atoms with van der Waals surface area (Å²) in [5.74, 6) is 1.91. The fourth-order valence-corrected chi connectivity index (χ4v) is 8.21. The fourth-order valence-electron chi connectivity index (χ4n) is 8.21. The second-order valence-electron chi connectivity index (χ2n) is 14.0. The van der Waals surface area contributed by atoms with Crippen LogP contribution in [-0.2, 0) is 0 Å². The highest BCUT2D eigenvalue weighted by molar-refractivity contribution is 6.15. The van der Waals surface area contributed by atoms with Crippen molar-refractivity contribution in [3.63, 3.8) is 0 Å². The minimum atomic E-state index is 0.635. The number of hydrogen-bond acceptors (Lipinski definition) is 3. The largest absolute Gasteiger partial charge is 0.309 e. The van der Waals surface area contributed by atoms with Crippen molar-refractivity contribution in [1.82, 2.24) is 19.5 Å². The Morgan fingerprint density at radius 2 is 0.855 bits per heavy atom. The smallest absolute Gasteiger partial charge is 0.164 e. The number of fused-ring (bicyclic) bond motifs is 6. The molecule has 2 heterocycles. The van der Waals surface area contributed by atoms with E-state index in [1.54, 1.807) is 0 Å². The van der Waals surface area contributed by atoms with Gasteiger partial charge in [-0.25, -0.2) is 15.0 Å². The molecule has 0 radical (unpaired) electrons. The molecule has 9 aromatic carbocycles. The average Bonchev–Trinajstić information content (AvgIpc) is 3.58. The molecule has 11 aromatic rings. The van der Waals surface area contributed by atoms with E-state index in [1.165, 1.54) is 48.9 Å². The molecule has 0 amide bonds. The summed E-state index contributed by atoms with van der Waals surface area (Å²) < 4.78 is 2.41. The third-order valence-electron chi connectivity index (χ3n) is 10.8. The second kappa shape index (κ2) is 12.6. The lowest BCUT2D eigenvalue weighted by atomic mass is 9.97. The van der Waals surface area contributed by atoms with Crippen molar-refractivity contribution >= 4 is 54.1 Å². The molecule has 11 rings (SSSR count). The predicted octanol–water partition coefficient (Wildman–Crippen LogP) is 13.1. The highest BCUT2D eigenvalue weighted by atomic mass is 15.0. The van der Waals surface area contributed by atoms with Crippen LogP contribution in [0, 0.1) is 0 Å². The van der Waals surface area contributed by atoms with Crippen LogP contribution < -0.4 is 0 Å². The molecular formula is C51H32N4. The van der Waals surface area contributed by atoms with Crippen LogP contribution in [0.4, 0.5) is 0 Å². The van der Waals surface area contributed by atoms with Crippen molar-refractivity contribution in [3.05, 3.63) is 194 Å². The maximum atomic E-state index is 5.20. The number of benzene rings is 9. The number of nitrogens with zero attached hydrogens (tertiary/aromatic N) is 4. The number of hydrogen-bond donors (Lipinski definition) is 0. The zero-order valence-corrected chi connectivity index (χ0v) is 29.8. The van der Waals surface area contributed by atoms with Gasteiger partial charge in [-0.1, -0.05) is 164 Å². The number of rotatable bonds is 5. The molecule has 0 unspecified atom stereocenters. The molecule has 0 aliphatic rings. The van der Waals surface area contributed by atoms with E-state index < -0.39 is 0 Å². The standard InChI is InChI=1S/C51H32N4/c1-2-14-35(15-3-1)49-52-50(36-27-25-34(26-28-36)40-23-12-18-33-13-6-7-19-39(33)40)54-51(53-49)44-29-30-47(42-21-9-8-20-41(42)44)55-46-24-11-10-22-43(46)45-31-37-16-4-5-17-38(37)32-48(45)55/h1-32H. The number of aromatic nitrogens is 4. The summed E-state index contributed by atoms with van der Waals surface area (Å²) in [5, 5.41) is 9.59. The Balaban J connectivity index is 1.09. The molecular weight excluding hydrogens is 669 g/mol. The van der Waals surface area contributed by atoms with Gasteiger partial charge >= 0.3 is 0 Å². The Labute approximate surface area is 317 Å². The summed E-state index contributed by atoms with van der Waals surface area (Å²) in [6.45, 7) is 0. The van der Waals surface area contributed by atoms with Gasteiger partial charge in [0.15, 0.2) is 17.5 Å². The molecule has 0 bridgehead atoms. The first-order valence-electron chi connectivity index (χ1n) is 18.6. The topological polar surface area (TPSA) is 43.6 Å². The first-order chi connectivity index (χ1) is 27.3. The van der Waals surface area contributed by atoms with Gasteiger partial charge in [0, 0.05) is 32.8 Å². The van der Waals surface area contributed by atoms with Crippen LogP contribution >= 0.6 is 0 Å². The second-order valence-corrected chi connectivity index (χ2v) is 14.0. The summed E-state index contributed by atoms with van der Waals surface area (Å²) in [7, 11) is 0. The van der Waals surface area contributed by atoms with Gasteiger partial charge < -0.3 is 4.57 Å². The van der Waals surface area contributed by atoms with E-state index in [1.807, 2.05) is 18.2 Å². The minimum Gasteiger partial charge on any atom is -0.309 e. The van der Waals surface area contributed by atoms with Crippen LogP contribution in [0.5, 0.6) is 0 Å². The molecule has 2 aromatic heterocycles. The maximum Gasteiger partial charge on any atom is 0.164 e. The summed E-state index contributed by atoms with van der Waals surface area (Å²) >= 11 is 0. The Morgan fingerprint density at radius 1 is 0.291 bits per heavy atom. The van der Waals surface area contributed by atoms with Gasteiger partial charge in [-0.15, -0.1) is 0 Å². The molecule has 4 heteroatoms. The first-order valence-corrected chi connectivity index (χ1v) is 18.6. The molecule has 0 spiro atoms. The van der Waals surface area contributed by atoms with E-state index >= 15 is 0 Å². The summed E-state index contributed by atoms with van der Waals surface area (Å²) in [5.41, 5.74) is 8.65. The van der Waals surface area contributed by atoms with Crippen molar-refractivity contribution in [2.24, 2.45) is 0 Å². The van der Waals surface area contributed by atoms with Crippen LogP contribution in [0.1, 0.15) is 0 Å². The minimum absolute atomic E-state index is 0.635. The van der Waals surface area contributed by atoms with E-state index in [0.29, 0.717) is 17.5 Å². The van der Waals surface area contributed by atoms with E-state index in [9.17, 15) is 0 Å².